The second-order valence-electron chi connectivity index (χ2n) is 10.1. The Labute approximate surface area is 236 Å². The van der Waals surface area contributed by atoms with Gasteiger partial charge in [0.25, 0.3) is 0 Å². The fraction of sp³-hybridized carbons (Fsp3) is 0.484. The van der Waals surface area contributed by atoms with Crippen molar-refractivity contribution in [1.82, 2.24) is 10.2 Å². The topological polar surface area (TPSA) is 101 Å². The van der Waals surface area contributed by atoms with E-state index in [0.29, 0.717) is 52.2 Å². The maximum atomic E-state index is 11.8. The summed E-state index contributed by atoms with van der Waals surface area (Å²) in [5.74, 6) is 7.07. The molecule has 0 bridgehead atoms. The molecule has 9 nitrogen and oxygen atoms in total. The first kappa shape index (κ1) is 29.2. The van der Waals surface area contributed by atoms with Gasteiger partial charge in [-0.3, -0.25) is 4.79 Å². The first-order valence-corrected chi connectivity index (χ1v) is 13.9. The van der Waals surface area contributed by atoms with Crippen molar-refractivity contribution in [1.29, 1.82) is 0 Å². The fourth-order valence-corrected chi connectivity index (χ4v) is 5.16. The van der Waals surface area contributed by atoms with E-state index in [4.69, 9.17) is 14.2 Å². The molecule has 40 heavy (non-hydrogen) atoms. The van der Waals surface area contributed by atoms with Gasteiger partial charge in [0, 0.05) is 58.2 Å². The van der Waals surface area contributed by atoms with E-state index in [0.717, 1.165) is 47.6 Å². The van der Waals surface area contributed by atoms with Crippen molar-refractivity contribution in [2.24, 2.45) is 0 Å². The number of hydrogen-bond donors (Lipinski definition) is 2. The van der Waals surface area contributed by atoms with Gasteiger partial charge in [0.1, 0.15) is 12.4 Å². The Morgan fingerprint density at radius 2 is 2.00 bits per heavy atom. The molecular formula is C31H39N3O6. The van der Waals surface area contributed by atoms with Crippen LogP contribution in [0, 0.1) is 11.8 Å². The highest BCUT2D eigenvalue weighted by Crippen LogP contribution is 2.35. The van der Waals surface area contributed by atoms with E-state index in [-0.39, 0.29) is 17.9 Å². The van der Waals surface area contributed by atoms with Crippen LogP contribution in [0.25, 0.3) is 0 Å². The van der Waals surface area contributed by atoms with Gasteiger partial charge in [-0.1, -0.05) is 30.0 Å². The molecule has 2 amide bonds. The molecule has 9 heteroatoms. The number of carbonyl (C=O) groups is 2. The molecule has 2 aliphatic rings. The summed E-state index contributed by atoms with van der Waals surface area (Å²) in [6.07, 6.45) is 1.30. The van der Waals surface area contributed by atoms with Gasteiger partial charge < -0.3 is 34.4 Å². The number of fused-ring (bicyclic) bond motifs is 1. The van der Waals surface area contributed by atoms with Crippen molar-refractivity contribution in [2.75, 3.05) is 58.5 Å². The van der Waals surface area contributed by atoms with Crippen LogP contribution in [-0.4, -0.2) is 81.7 Å². The maximum absolute atomic E-state index is 11.8. The second-order valence-corrected chi connectivity index (χ2v) is 10.1. The number of likely N-dealkylation sites (tertiary alicyclic amines) is 1. The predicted octanol–water partition coefficient (Wildman–Crippen LogP) is 3.85. The van der Waals surface area contributed by atoms with Gasteiger partial charge in [-0.05, 0) is 48.2 Å². The average molecular weight is 550 g/mol. The van der Waals surface area contributed by atoms with Crippen LogP contribution in [0.15, 0.2) is 42.5 Å². The van der Waals surface area contributed by atoms with Gasteiger partial charge in [0.15, 0.2) is 0 Å². The van der Waals surface area contributed by atoms with Crippen LogP contribution in [0.2, 0.25) is 0 Å². The molecule has 1 saturated heterocycles. The number of rotatable bonds is 10. The molecule has 0 spiro atoms. The van der Waals surface area contributed by atoms with Gasteiger partial charge in [0.05, 0.1) is 31.5 Å². The minimum absolute atomic E-state index is 0.0217. The number of amides is 2. The summed E-state index contributed by atoms with van der Waals surface area (Å²) in [5.41, 5.74) is 4.07. The smallest absolute Gasteiger partial charge is 0.407 e. The van der Waals surface area contributed by atoms with E-state index in [9.17, 15) is 14.7 Å². The molecule has 1 fully saturated rings. The normalized spacial score (nSPS) is 18.2. The number of carbonyl (C=O) groups excluding carboxylic acids is 1. The molecule has 2 unspecified atom stereocenters. The van der Waals surface area contributed by atoms with E-state index in [1.165, 1.54) is 4.90 Å². The molecule has 214 valence electrons. The third-order valence-corrected chi connectivity index (χ3v) is 7.38. The van der Waals surface area contributed by atoms with Crippen LogP contribution in [0.5, 0.6) is 5.75 Å². The summed E-state index contributed by atoms with van der Waals surface area (Å²) in [5, 5.41) is 12.2. The van der Waals surface area contributed by atoms with Crippen LogP contribution in [0.1, 0.15) is 48.3 Å². The highest BCUT2D eigenvalue weighted by Gasteiger charge is 2.33. The largest absolute Gasteiger partial charge is 0.490 e. The number of anilines is 1. The zero-order valence-electron chi connectivity index (χ0n) is 23.4. The first-order valence-electron chi connectivity index (χ1n) is 13.9. The Bertz CT molecular complexity index is 1210. The summed E-state index contributed by atoms with van der Waals surface area (Å²) in [4.78, 5) is 26.9. The quantitative estimate of drug-likeness (QED) is 0.343. The number of nitrogens with zero attached hydrogens (tertiary/aromatic N) is 2. The number of ether oxygens (including phenoxy) is 3. The molecule has 4 rings (SSSR count). The molecule has 0 aliphatic carbocycles. The summed E-state index contributed by atoms with van der Waals surface area (Å²) in [7, 11) is 3.33. The van der Waals surface area contributed by atoms with Crippen molar-refractivity contribution >= 4 is 17.7 Å². The van der Waals surface area contributed by atoms with Gasteiger partial charge in [-0.15, -0.1) is 0 Å². The number of carboxylic acid groups (broad SMARTS) is 1. The van der Waals surface area contributed by atoms with Crippen LogP contribution in [0.4, 0.5) is 10.5 Å². The number of piperidine rings is 1. The number of hydrogen-bond acceptors (Lipinski definition) is 6. The second kappa shape index (κ2) is 14.6. The lowest BCUT2D eigenvalue weighted by Gasteiger charge is -2.37. The van der Waals surface area contributed by atoms with E-state index in [1.807, 2.05) is 36.4 Å². The summed E-state index contributed by atoms with van der Waals surface area (Å²) in [6, 6.07) is 14.2. The Morgan fingerprint density at radius 3 is 2.75 bits per heavy atom. The Balaban J connectivity index is 1.43. The average Bonchev–Trinajstić information content (AvgIpc) is 2.98. The number of benzene rings is 2. The Kier molecular flexibility index (Phi) is 10.7. The molecule has 2 aromatic rings. The van der Waals surface area contributed by atoms with Crippen molar-refractivity contribution in [3.63, 3.8) is 0 Å². The van der Waals surface area contributed by atoms with Gasteiger partial charge in [0.2, 0.25) is 5.91 Å². The lowest BCUT2D eigenvalue weighted by molar-refractivity contribution is -0.120. The van der Waals surface area contributed by atoms with Crippen molar-refractivity contribution in [3.8, 4) is 17.6 Å². The van der Waals surface area contributed by atoms with Crippen LogP contribution >= 0.6 is 0 Å². The molecule has 2 atom stereocenters. The molecular weight excluding hydrogens is 510 g/mol. The third-order valence-electron chi connectivity index (χ3n) is 7.38. The van der Waals surface area contributed by atoms with E-state index >= 15 is 0 Å². The summed E-state index contributed by atoms with van der Waals surface area (Å²) < 4.78 is 17.5. The monoisotopic (exact) mass is 549 g/mol. The van der Waals surface area contributed by atoms with Gasteiger partial charge in [-0.25, -0.2) is 4.79 Å². The minimum Gasteiger partial charge on any atom is -0.490 e. The van der Waals surface area contributed by atoms with Gasteiger partial charge in [-0.2, -0.15) is 0 Å². The SMILES string of the molecule is CNC(=O)CCC#Cc1ccc(C2CCN(C(=O)O)CC2OCc2ccc3c(c2)N(CCCOC)CCO3)cc1. The van der Waals surface area contributed by atoms with E-state index < -0.39 is 6.09 Å². The first-order chi connectivity index (χ1) is 19.5. The molecule has 2 aromatic carbocycles. The third kappa shape index (κ3) is 7.90. The number of methoxy groups -OCH3 is 1. The van der Waals surface area contributed by atoms with Crippen molar-refractivity contribution < 1.29 is 28.9 Å². The molecule has 0 radical (unpaired) electrons. The lowest BCUT2D eigenvalue weighted by Crippen LogP contribution is -2.46. The van der Waals surface area contributed by atoms with Crippen molar-refractivity contribution in [3.05, 3.63) is 59.2 Å². The Morgan fingerprint density at radius 1 is 1.18 bits per heavy atom. The summed E-state index contributed by atoms with van der Waals surface area (Å²) >= 11 is 0. The van der Waals surface area contributed by atoms with Gasteiger partial charge >= 0.3 is 6.09 Å². The van der Waals surface area contributed by atoms with Crippen molar-refractivity contribution in [2.45, 2.75) is 44.3 Å². The van der Waals surface area contributed by atoms with E-state index in [1.54, 1.807) is 14.2 Å². The molecule has 2 N–H and O–H groups in total. The minimum atomic E-state index is -0.924. The van der Waals surface area contributed by atoms with Crippen LogP contribution < -0.4 is 15.0 Å². The Hall–Kier alpha value is -3.74. The summed E-state index contributed by atoms with van der Waals surface area (Å²) in [6.45, 7) is 4.25. The molecule has 0 aromatic heterocycles. The molecule has 2 aliphatic heterocycles. The fourth-order valence-electron chi connectivity index (χ4n) is 5.16. The number of nitrogens with one attached hydrogen (secondary N) is 1. The zero-order chi connectivity index (χ0) is 28.3. The molecule has 2 heterocycles. The molecule has 0 saturated carbocycles. The van der Waals surface area contributed by atoms with E-state index in [2.05, 4.69) is 28.1 Å². The van der Waals surface area contributed by atoms with Crippen LogP contribution in [0.3, 0.4) is 0 Å². The standard InChI is InChI=1S/C31H39N3O6/c1-32-30(35)7-4-3-6-23-8-11-25(12-9-23)26-14-16-34(31(36)37)21-29(26)40-22-24-10-13-28-27(20-24)33(17-19-39-28)15-5-18-38-2/h8-13,20,26,29H,4-5,7,14-19,21-22H2,1-2H3,(H,32,35)(H,36,37). The highest BCUT2D eigenvalue weighted by molar-refractivity contribution is 5.75. The zero-order valence-corrected chi connectivity index (χ0v) is 23.4. The maximum Gasteiger partial charge on any atom is 0.407 e. The van der Waals surface area contributed by atoms with Crippen LogP contribution in [-0.2, 0) is 20.9 Å². The lowest BCUT2D eigenvalue weighted by atomic mass is 9.86. The highest BCUT2D eigenvalue weighted by atomic mass is 16.5. The predicted molar refractivity (Wildman–Crippen MR) is 153 cm³/mol.